The van der Waals surface area contributed by atoms with Crippen molar-refractivity contribution in [3.8, 4) is 45.3 Å². The second-order valence-corrected chi connectivity index (χ2v) is 12.8. The van der Waals surface area contributed by atoms with Gasteiger partial charge in [0, 0.05) is 33.8 Å². The van der Waals surface area contributed by atoms with Gasteiger partial charge in [0.25, 0.3) is 0 Å². The van der Waals surface area contributed by atoms with Crippen LogP contribution in [0.5, 0.6) is 0 Å². The Morgan fingerprint density at radius 3 is 1.62 bits per heavy atom. The fraction of sp³-hybridized carbons (Fsp3) is 0. The standard InChI is InChI=1S/C46H28N4/c1-2-10-31-24-37(22-19-29(31)9-1)44-48-45(50-46(49-44)40-17-8-15-35-23-32-11-3-4-12-33(32)26-42(35)40)39-16-7-14-30-20-21-34(27-41(30)39)38-25-36-13-5-6-18-43(36)47-28-38/h1-28H. The number of fused-ring (bicyclic) bond motifs is 5. The van der Waals surface area contributed by atoms with Crippen LogP contribution in [0.4, 0.5) is 0 Å². The van der Waals surface area contributed by atoms with Crippen LogP contribution in [0.25, 0.3) is 99.3 Å². The highest BCUT2D eigenvalue weighted by Gasteiger charge is 2.17. The highest BCUT2D eigenvalue weighted by atomic mass is 15.0. The zero-order valence-corrected chi connectivity index (χ0v) is 27.0. The topological polar surface area (TPSA) is 51.6 Å². The summed E-state index contributed by atoms with van der Waals surface area (Å²) in [6.45, 7) is 0. The molecule has 0 N–H and O–H groups in total. The van der Waals surface area contributed by atoms with Gasteiger partial charge < -0.3 is 0 Å². The van der Waals surface area contributed by atoms with Crippen LogP contribution in [0.2, 0.25) is 0 Å². The van der Waals surface area contributed by atoms with Crippen molar-refractivity contribution in [1.82, 2.24) is 19.9 Å². The van der Waals surface area contributed by atoms with Gasteiger partial charge in [-0.1, -0.05) is 127 Å². The molecule has 0 atom stereocenters. The van der Waals surface area contributed by atoms with Gasteiger partial charge in [0.05, 0.1) is 5.52 Å². The molecule has 10 aromatic rings. The number of benzene rings is 8. The summed E-state index contributed by atoms with van der Waals surface area (Å²) in [7, 11) is 0. The Morgan fingerprint density at radius 2 is 0.840 bits per heavy atom. The highest BCUT2D eigenvalue weighted by molar-refractivity contribution is 6.05. The van der Waals surface area contributed by atoms with Crippen molar-refractivity contribution in [3.63, 3.8) is 0 Å². The Morgan fingerprint density at radius 1 is 0.300 bits per heavy atom. The molecule has 10 rings (SSSR count). The summed E-state index contributed by atoms with van der Waals surface area (Å²) < 4.78 is 0. The second kappa shape index (κ2) is 11.4. The lowest BCUT2D eigenvalue weighted by molar-refractivity contribution is 1.08. The van der Waals surface area contributed by atoms with Gasteiger partial charge >= 0.3 is 0 Å². The lowest BCUT2D eigenvalue weighted by Gasteiger charge is -2.13. The van der Waals surface area contributed by atoms with Crippen LogP contribution in [-0.2, 0) is 0 Å². The molecular formula is C46H28N4. The van der Waals surface area contributed by atoms with Crippen molar-refractivity contribution < 1.29 is 0 Å². The van der Waals surface area contributed by atoms with Gasteiger partial charge in [-0.15, -0.1) is 0 Å². The van der Waals surface area contributed by atoms with Crippen LogP contribution >= 0.6 is 0 Å². The molecule has 0 bridgehead atoms. The third kappa shape index (κ3) is 4.85. The van der Waals surface area contributed by atoms with E-state index in [1.54, 1.807) is 0 Å². The van der Waals surface area contributed by atoms with Crippen molar-refractivity contribution in [1.29, 1.82) is 0 Å². The maximum atomic E-state index is 5.25. The summed E-state index contributed by atoms with van der Waals surface area (Å²) in [6, 6.07) is 57.5. The van der Waals surface area contributed by atoms with Crippen molar-refractivity contribution >= 4 is 54.0 Å². The molecule has 4 nitrogen and oxygen atoms in total. The Bertz CT molecular complexity index is 2950. The Hall–Kier alpha value is -6.78. The first-order valence-corrected chi connectivity index (χ1v) is 16.8. The average Bonchev–Trinajstić information content (AvgIpc) is 3.18. The largest absolute Gasteiger partial charge is 0.256 e. The zero-order chi connectivity index (χ0) is 33.0. The quantitative estimate of drug-likeness (QED) is 0.180. The molecule has 232 valence electrons. The summed E-state index contributed by atoms with van der Waals surface area (Å²) >= 11 is 0. The number of hydrogen-bond acceptors (Lipinski definition) is 4. The summed E-state index contributed by atoms with van der Waals surface area (Å²) in [5.74, 6) is 1.92. The number of rotatable bonds is 4. The van der Waals surface area contributed by atoms with Crippen molar-refractivity contribution in [2.45, 2.75) is 0 Å². The van der Waals surface area contributed by atoms with E-state index in [1.165, 1.54) is 16.2 Å². The summed E-state index contributed by atoms with van der Waals surface area (Å²) in [6.07, 6.45) is 1.95. The third-order valence-corrected chi connectivity index (χ3v) is 9.68. The Labute approximate surface area is 288 Å². The maximum Gasteiger partial charge on any atom is 0.164 e. The fourth-order valence-electron chi connectivity index (χ4n) is 7.11. The Balaban J connectivity index is 1.21. The number of hydrogen-bond donors (Lipinski definition) is 0. The van der Waals surface area contributed by atoms with Crippen LogP contribution in [-0.4, -0.2) is 19.9 Å². The summed E-state index contributed by atoms with van der Waals surface area (Å²) in [5.41, 5.74) is 6.02. The van der Waals surface area contributed by atoms with Crippen molar-refractivity contribution in [2.24, 2.45) is 0 Å². The summed E-state index contributed by atoms with van der Waals surface area (Å²) in [5, 5.41) is 10.3. The molecule has 0 spiro atoms. The van der Waals surface area contributed by atoms with E-state index in [0.717, 1.165) is 65.7 Å². The van der Waals surface area contributed by atoms with Crippen LogP contribution < -0.4 is 0 Å². The normalized spacial score (nSPS) is 11.6. The van der Waals surface area contributed by atoms with Gasteiger partial charge in [0.2, 0.25) is 0 Å². The maximum absolute atomic E-state index is 5.25. The minimum absolute atomic E-state index is 0.635. The van der Waals surface area contributed by atoms with E-state index in [4.69, 9.17) is 19.9 Å². The van der Waals surface area contributed by atoms with Gasteiger partial charge in [0.1, 0.15) is 0 Å². The van der Waals surface area contributed by atoms with Crippen LogP contribution in [0.1, 0.15) is 0 Å². The molecular weight excluding hydrogens is 609 g/mol. The minimum Gasteiger partial charge on any atom is -0.256 e. The van der Waals surface area contributed by atoms with E-state index in [9.17, 15) is 0 Å². The minimum atomic E-state index is 0.635. The van der Waals surface area contributed by atoms with Crippen LogP contribution in [0.3, 0.4) is 0 Å². The highest BCUT2D eigenvalue weighted by Crippen LogP contribution is 2.36. The molecule has 2 heterocycles. The molecule has 0 amide bonds. The average molecular weight is 637 g/mol. The van der Waals surface area contributed by atoms with E-state index in [2.05, 4.69) is 152 Å². The second-order valence-electron chi connectivity index (χ2n) is 12.8. The number of nitrogens with zero attached hydrogens (tertiary/aromatic N) is 4. The van der Waals surface area contributed by atoms with Gasteiger partial charge in [-0.3, -0.25) is 4.98 Å². The predicted octanol–water partition coefficient (Wildman–Crippen LogP) is 11.7. The molecule has 0 aliphatic carbocycles. The lowest BCUT2D eigenvalue weighted by atomic mass is 9.97. The molecule has 4 heteroatoms. The molecule has 8 aromatic carbocycles. The fourth-order valence-corrected chi connectivity index (χ4v) is 7.11. The van der Waals surface area contributed by atoms with Gasteiger partial charge in [-0.05, 0) is 85.1 Å². The van der Waals surface area contributed by atoms with Crippen molar-refractivity contribution in [3.05, 3.63) is 170 Å². The SMILES string of the molecule is c1ccc2cc(-c3nc(-c4cccc5ccc(-c6cnc7ccccc7c6)cc45)nc(-c4cccc5cc6ccccc6cc45)n3)ccc2c1. The molecule has 0 unspecified atom stereocenters. The first-order valence-electron chi connectivity index (χ1n) is 16.8. The van der Waals surface area contributed by atoms with E-state index in [1.807, 2.05) is 18.3 Å². The Kier molecular flexibility index (Phi) is 6.46. The number of aromatic nitrogens is 4. The molecule has 2 aromatic heterocycles. The molecule has 0 fully saturated rings. The monoisotopic (exact) mass is 636 g/mol. The summed E-state index contributed by atoms with van der Waals surface area (Å²) in [4.78, 5) is 20.4. The van der Waals surface area contributed by atoms with Gasteiger partial charge in [-0.2, -0.15) is 0 Å². The predicted molar refractivity (Wildman–Crippen MR) is 207 cm³/mol. The number of para-hydroxylation sites is 1. The molecule has 0 saturated carbocycles. The van der Waals surface area contributed by atoms with Gasteiger partial charge in [-0.25, -0.2) is 15.0 Å². The van der Waals surface area contributed by atoms with Crippen LogP contribution in [0.15, 0.2) is 170 Å². The van der Waals surface area contributed by atoms with Crippen molar-refractivity contribution in [2.75, 3.05) is 0 Å². The number of pyridine rings is 1. The molecule has 50 heavy (non-hydrogen) atoms. The molecule has 0 aliphatic rings. The van der Waals surface area contributed by atoms with E-state index in [-0.39, 0.29) is 0 Å². The van der Waals surface area contributed by atoms with E-state index >= 15 is 0 Å². The lowest BCUT2D eigenvalue weighted by Crippen LogP contribution is -2.01. The molecule has 0 radical (unpaired) electrons. The molecule has 0 saturated heterocycles. The zero-order valence-electron chi connectivity index (χ0n) is 27.0. The van der Waals surface area contributed by atoms with Crippen LogP contribution in [0, 0.1) is 0 Å². The third-order valence-electron chi connectivity index (χ3n) is 9.68. The van der Waals surface area contributed by atoms with E-state index in [0.29, 0.717) is 17.5 Å². The smallest absolute Gasteiger partial charge is 0.164 e. The first-order chi connectivity index (χ1) is 24.7. The molecule has 0 aliphatic heterocycles. The first kappa shape index (κ1) is 28.3. The van der Waals surface area contributed by atoms with E-state index < -0.39 is 0 Å². The van der Waals surface area contributed by atoms with Gasteiger partial charge in [0.15, 0.2) is 17.5 Å².